The van der Waals surface area contributed by atoms with Crippen molar-refractivity contribution in [1.29, 1.82) is 0 Å². The highest BCUT2D eigenvalue weighted by Gasteiger charge is 2.45. The SMILES string of the molecule is COCCC(=O)N1CCc2c3n(c4ccccc24)CCCC[C@H]([N+](=O)[O-])[C@H]31. The Labute approximate surface area is 158 Å². The molecule has 7 nitrogen and oxygen atoms in total. The van der Waals surface area contributed by atoms with Gasteiger partial charge in [0.2, 0.25) is 11.9 Å². The van der Waals surface area contributed by atoms with E-state index < -0.39 is 12.1 Å². The summed E-state index contributed by atoms with van der Waals surface area (Å²) in [6, 6.07) is 6.95. The van der Waals surface area contributed by atoms with E-state index in [0.717, 1.165) is 37.0 Å². The molecule has 1 aromatic carbocycles. The van der Waals surface area contributed by atoms with Crippen molar-refractivity contribution in [3.8, 4) is 0 Å². The first-order valence-corrected chi connectivity index (χ1v) is 9.65. The third-order valence-corrected chi connectivity index (χ3v) is 5.95. The Balaban J connectivity index is 1.89. The van der Waals surface area contributed by atoms with E-state index in [-0.39, 0.29) is 17.3 Å². The van der Waals surface area contributed by atoms with Crippen LogP contribution in [0.4, 0.5) is 0 Å². The zero-order valence-corrected chi connectivity index (χ0v) is 15.6. The van der Waals surface area contributed by atoms with Crippen molar-refractivity contribution in [3.05, 3.63) is 45.6 Å². The number of nitrogens with zero attached hydrogens (tertiary/aromatic N) is 3. The summed E-state index contributed by atoms with van der Waals surface area (Å²) in [5, 5.41) is 13.1. The van der Waals surface area contributed by atoms with Gasteiger partial charge in [-0.05, 0) is 30.9 Å². The molecule has 2 atom stereocenters. The normalized spacial score (nSPS) is 22.2. The number of benzene rings is 1. The summed E-state index contributed by atoms with van der Waals surface area (Å²) in [4.78, 5) is 26.4. The number of hydrogen-bond donors (Lipinski definition) is 0. The lowest BCUT2D eigenvalue weighted by molar-refractivity contribution is -0.532. The zero-order valence-electron chi connectivity index (χ0n) is 15.6. The average Bonchev–Trinajstić information content (AvgIpc) is 2.97. The topological polar surface area (TPSA) is 77.6 Å². The third kappa shape index (κ3) is 3.00. The number of methoxy groups -OCH3 is 1. The molecule has 3 heterocycles. The molecular weight excluding hydrogens is 346 g/mol. The molecule has 0 N–H and O–H groups in total. The fraction of sp³-hybridized carbons (Fsp3) is 0.550. The number of rotatable bonds is 4. The van der Waals surface area contributed by atoms with Crippen molar-refractivity contribution in [2.45, 2.75) is 50.7 Å². The van der Waals surface area contributed by atoms with Crippen LogP contribution >= 0.6 is 0 Å². The Bertz CT molecular complexity index is 875. The van der Waals surface area contributed by atoms with Gasteiger partial charge in [0.15, 0.2) is 0 Å². The zero-order chi connectivity index (χ0) is 19.0. The molecule has 4 rings (SSSR count). The first-order chi connectivity index (χ1) is 13.1. The Morgan fingerprint density at radius 3 is 2.89 bits per heavy atom. The van der Waals surface area contributed by atoms with Gasteiger partial charge < -0.3 is 14.2 Å². The largest absolute Gasteiger partial charge is 0.384 e. The summed E-state index contributed by atoms with van der Waals surface area (Å²) in [6.45, 7) is 1.70. The molecule has 2 aliphatic heterocycles. The Kier molecular flexibility index (Phi) is 4.86. The number of hydrogen-bond acceptors (Lipinski definition) is 4. The van der Waals surface area contributed by atoms with Crippen LogP contribution in [0.1, 0.15) is 43.0 Å². The maximum absolute atomic E-state index is 12.9. The molecule has 0 spiro atoms. The monoisotopic (exact) mass is 371 g/mol. The van der Waals surface area contributed by atoms with Crippen LogP contribution < -0.4 is 0 Å². The molecule has 0 bridgehead atoms. The number of nitro groups is 1. The highest BCUT2D eigenvalue weighted by Crippen LogP contribution is 2.42. The highest BCUT2D eigenvalue weighted by molar-refractivity contribution is 5.87. The van der Waals surface area contributed by atoms with Crippen LogP contribution in [0.15, 0.2) is 24.3 Å². The molecular formula is C20H25N3O4. The quantitative estimate of drug-likeness (QED) is 0.611. The van der Waals surface area contributed by atoms with E-state index in [9.17, 15) is 14.9 Å². The molecule has 0 saturated carbocycles. The maximum atomic E-state index is 12.9. The van der Waals surface area contributed by atoms with Gasteiger partial charge in [-0.1, -0.05) is 18.2 Å². The molecule has 7 heteroatoms. The van der Waals surface area contributed by atoms with Crippen molar-refractivity contribution in [1.82, 2.24) is 9.47 Å². The second-order valence-corrected chi connectivity index (χ2v) is 7.41. The van der Waals surface area contributed by atoms with Gasteiger partial charge in [-0.2, -0.15) is 0 Å². The molecule has 2 aromatic rings. The Hall–Kier alpha value is -2.41. The second-order valence-electron chi connectivity index (χ2n) is 7.41. The third-order valence-electron chi connectivity index (χ3n) is 5.95. The molecule has 1 amide bonds. The van der Waals surface area contributed by atoms with Crippen LogP contribution in [0, 0.1) is 10.1 Å². The number of para-hydroxylation sites is 1. The Morgan fingerprint density at radius 2 is 2.11 bits per heavy atom. The minimum atomic E-state index is -0.765. The van der Waals surface area contributed by atoms with Crippen molar-refractivity contribution >= 4 is 16.8 Å². The number of carbonyl (C=O) groups is 1. The summed E-state index contributed by atoms with van der Waals surface area (Å²) < 4.78 is 7.30. The van der Waals surface area contributed by atoms with E-state index in [1.54, 1.807) is 12.0 Å². The van der Waals surface area contributed by atoms with Crippen LogP contribution in [-0.4, -0.2) is 46.6 Å². The lowest BCUT2D eigenvalue weighted by atomic mass is 9.89. The highest BCUT2D eigenvalue weighted by atomic mass is 16.6. The lowest BCUT2D eigenvalue weighted by Crippen LogP contribution is -2.48. The minimum Gasteiger partial charge on any atom is -0.384 e. The van der Waals surface area contributed by atoms with E-state index in [4.69, 9.17) is 4.74 Å². The summed E-state index contributed by atoms with van der Waals surface area (Å²) >= 11 is 0. The van der Waals surface area contributed by atoms with Gasteiger partial charge in [0.05, 0.1) is 18.7 Å². The van der Waals surface area contributed by atoms with Crippen molar-refractivity contribution in [2.75, 3.05) is 20.3 Å². The molecule has 27 heavy (non-hydrogen) atoms. The fourth-order valence-electron chi connectivity index (χ4n) is 4.76. The summed E-state index contributed by atoms with van der Waals surface area (Å²) in [7, 11) is 1.56. The van der Waals surface area contributed by atoms with Gasteiger partial charge in [0.1, 0.15) is 6.04 Å². The van der Waals surface area contributed by atoms with E-state index in [0.29, 0.717) is 19.6 Å². The van der Waals surface area contributed by atoms with Crippen molar-refractivity contribution < 1.29 is 14.5 Å². The lowest BCUT2D eigenvalue weighted by Gasteiger charge is -2.39. The molecule has 0 unspecified atom stereocenters. The van der Waals surface area contributed by atoms with Crippen LogP contribution in [0.3, 0.4) is 0 Å². The van der Waals surface area contributed by atoms with Crippen LogP contribution in [0.25, 0.3) is 10.9 Å². The van der Waals surface area contributed by atoms with Gasteiger partial charge in [-0.3, -0.25) is 14.9 Å². The molecule has 2 aliphatic rings. The summed E-state index contributed by atoms with van der Waals surface area (Å²) in [5.74, 6) is -0.0586. The maximum Gasteiger partial charge on any atom is 0.238 e. The van der Waals surface area contributed by atoms with Crippen molar-refractivity contribution in [3.63, 3.8) is 0 Å². The van der Waals surface area contributed by atoms with Gasteiger partial charge in [-0.25, -0.2) is 0 Å². The van der Waals surface area contributed by atoms with Gasteiger partial charge >= 0.3 is 0 Å². The minimum absolute atomic E-state index is 0.0586. The van der Waals surface area contributed by atoms with Gasteiger partial charge in [-0.15, -0.1) is 0 Å². The van der Waals surface area contributed by atoms with Crippen LogP contribution in [-0.2, 0) is 22.5 Å². The molecule has 0 saturated heterocycles. The molecule has 0 radical (unpaired) electrons. The summed E-state index contributed by atoms with van der Waals surface area (Å²) in [5.41, 5.74) is 3.29. The number of carbonyl (C=O) groups excluding carboxylic acids is 1. The Morgan fingerprint density at radius 1 is 1.30 bits per heavy atom. The van der Waals surface area contributed by atoms with E-state index in [1.807, 2.05) is 12.1 Å². The summed E-state index contributed by atoms with van der Waals surface area (Å²) in [6.07, 6.45) is 3.21. The molecule has 144 valence electrons. The predicted octanol–water partition coefficient (Wildman–Crippen LogP) is 2.93. The number of amides is 1. The number of aromatic nitrogens is 1. The van der Waals surface area contributed by atoms with Gasteiger partial charge in [0.25, 0.3) is 0 Å². The average molecular weight is 371 g/mol. The first kappa shape index (κ1) is 18.0. The first-order valence-electron chi connectivity index (χ1n) is 9.65. The number of ether oxygens (including phenoxy) is 1. The molecule has 0 aliphatic carbocycles. The fourth-order valence-corrected chi connectivity index (χ4v) is 4.76. The van der Waals surface area contributed by atoms with E-state index in [1.165, 1.54) is 10.9 Å². The predicted molar refractivity (Wildman–Crippen MR) is 101 cm³/mol. The second kappa shape index (κ2) is 7.31. The standard InChI is InChI=1S/C20H25N3O4/c1-27-13-10-18(24)22-12-9-15-14-6-2-3-7-16(14)21-11-5-4-8-17(23(25)26)20(22)19(15)21/h2-3,6-7,17,20H,4-5,8-13H2,1H3/t17-,20+/m0/s1. The van der Waals surface area contributed by atoms with Crippen LogP contribution in [0.2, 0.25) is 0 Å². The molecule has 0 fully saturated rings. The van der Waals surface area contributed by atoms with E-state index >= 15 is 0 Å². The number of aryl methyl sites for hydroxylation is 1. The van der Waals surface area contributed by atoms with E-state index in [2.05, 4.69) is 16.7 Å². The van der Waals surface area contributed by atoms with Gasteiger partial charge in [0, 0.05) is 42.4 Å². The number of fused-ring (bicyclic) bond motifs is 3. The smallest absolute Gasteiger partial charge is 0.238 e. The van der Waals surface area contributed by atoms with Crippen molar-refractivity contribution in [2.24, 2.45) is 0 Å². The van der Waals surface area contributed by atoms with Crippen LogP contribution in [0.5, 0.6) is 0 Å². The molecule has 1 aromatic heterocycles.